The summed E-state index contributed by atoms with van der Waals surface area (Å²) in [6.45, 7) is 1.67. The van der Waals surface area contributed by atoms with Crippen LogP contribution < -0.4 is 10.1 Å². The molecule has 7 rings (SSSR count). The molecule has 49 heavy (non-hydrogen) atoms. The maximum absolute atomic E-state index is 13.1. The number of pyridine rings is 1. The van der Waals surface area contributed by atoms with Crippen LogP contribution >= 0.6 is 0 Å². The highest BCUT2D eigenvalue weighted by molar-refractivity contribution is 6.23. The minimum absolute atomic E-state index is 0.0628. The van der Waals surface area contributed by atoms with E-state index in [0.717, 1.165) is 46.5 Å². The number of nitrogens with one attached hydrogen (secondary N) is 1. The molecule has 1 saturated heterocycles. The number of nitrogens with zero attached hydrogens (tertiary/aromatic N) is 5. The Kier molecular flexibility index (Phi) is 8.99. The topological polar surface area (TPSA) is 165 Å². The molecule has 4 aromatic rings. The van der Waals surface area contributed by atoms with Gasteiger partial charge in [0.05, 0.1) is 23.9 Å². The Bertz CT molecular complexity index is 1960. The fourth-order valence-corrected chi connectivity index (χ4v) is 6.71. The summed E-state index contributed by atoms with van der Waals surface area (Å²) in [6, 6.07) is 13.9. The molecule has 2 unspecified atom stereocenters. The van der Waals surface area contributed by atoms with E-state index < -0.39 is 29.7 Å². The minimum Gasteiger partial charge on any atom is -0.491 e. The van der Waals surface area contributed by atoms with Crippen LogP contribution in [0.1, 0.15) is 63.4 Å². The van der Waals surface area contributed by atoms with Crippen LogP contribution in [-0.2, 0) is 27.3 Å². The van der Waals surface area contributed by atoms with Gasteiger partial charge in [-0.15, -0.1) is 5.16 Å². The van der Waals surface area contributed by atoms with E-state index in [9.17, 15) is 19.2 Å². The number of piperidine rings is 1. The lowest BCUT2D eigenvalue weighted by molar-refractivity contribution is -0.136. The second-order valence-corrected chi connectivity index (χ2v) is 12.2. The number of fused-ring (bicyclic) bond motifs is 2. The fourth-order valence-electron chi connectivity index (χ4n) is 6.71. The zero-order valence-corrected chi connectivity index (χ0v) is 26.6. The minimum atomic E-state index is -1.01. The summed E-state index contributed by atoms with van der Waals surface area (Å²) in [7, 11) is 0. The first-order valence-corrected chi connectivity index (χ1v) is 16.3. The lowest BCUT2D eigenvalue weighted by Crippen LogP contribution is -2.54. The fraction of sp³-hybridized carbons (Fsp3) is 0.306. The molecule has 2 aromatic heterocycles. The highest BCUT2D eigenvalue weighted by atomic mass is 16.5. The van der Waals surface area contributed by atoms with Gasteiger partial charge in [0, 0.05) is 55.2 Å². The zero-order chi connectivity index (χ0) is 33.9. The average molecular weight is 663 g/mol. The Balaban J connectivity index is 0.925. The van der Waals surface area contributed by atoms with E-state index in [1.54, 1.807) is 24.7 Å². The van der Waals surface area contributed by atoms with Gasteiger partial charge in [0.25, 0.3) is 11.8 Å². The molecule has 2 aromatic carbocycles. The number of amides is 4. The first-order chi connectivity index (χ1) is 23.9. The predicted molar refractivity (Wildman–Crippen MR) is 176 cm³/mol. The monoisotopic (exact) mass is 662 g/mol. The number of oxime groups is 1. The summed E-state index contributed by atoms with van der Waals surface area (Å²) in [4.78, 5) is 54.8. The van der Waals surface area contributed by atoms with Crippen molar-refractivity contribution in [3.8, 4) is 28.1 Å². The molecule has 0 saturated carbocycles. The molecule has 13 heteroatoms. The lowest BCUT2D eigenvalue weighted by atomic mass is 9.96. The van der Waals surface area contributed by atoms with Gasteiger partial charge in [-0.2, -0.15) is 5.10 Å². The number of ether oxygens (including phenoxy) is 2. The summed E-state index contributed by atoms with van der Waals surface area (Å²) in [5.41, 5.74) is 6.76. The second kappa shape index (κ2) is 13.8. The van der Waals surface area contributed by atoms with Gasteiger partial charge in [0.15, 0.2) is 0 Å². The van der Waals surface area contributed by atoms with Crippen LogP contribution in [0.3, 0.4) is 0 Å². The summed E-state index contributed by atoms with van der Waals surface area (Å²) >= 11 is 0. The van der Waals surface area contributed by atoms with E-state index >= 15 is 0 Å². The standard InChI is InChI=1S/C36H34N6O7/c43-32-9-8-31(34(44)39-32)42-35(45)28-7-5-26(19-29(28)36(42)46)49-17-16-48-15-1-14-41-21-30(33(40-41)22-10-12-37-13-11-22)24-4-6-27-23(18-24)2-3-25(27)20-38-47/h4-7,10-13,18-21,25,31,47H,1-3,8-9,14-17H2,(H,39,43,44)/b38-20+. The lowest BCUT2D eigenvalue weighted by Gasteiger charge is -2.27. The number of aryl methyl sites for hydroxylation is 2. The molecule has 250 valence electrons. The maximum Gasteiger partial charge on any atom is 0.262 e. The molecule has 2 atom stereocenters. The molecule has 0 radical (unpaired) electrons. The molecule has 3 aliphatic rings. The van der Waals surface area contributed by atoms with Gasteiger partial charge >= 0.3 is 0 Å². The number of imide groups is 2. The van der Waals surface area contributed by atoms with Gasteiger partial charge in [-0.1, -0.05) is 18.2 Å². The molecular weight excluding hydrogens is 628 g/mol. The van der Waals surface area contributed by atoms with Crippen LogP contribution in [0.5, 0.6) is 5.75 Å². The average Bonchev–Trinajstić information content (AvgIpc) is 3.79. The van der Waals surface area contributed by atoms with Crippen molar-refractivity contribution in [2.75, 3.05) is 19.8 Å². The molecule has 0 bridgehead atoms. The van der Waals surface area contributed by atoms with Gasteiger partial charge < -0.3 is 14.7 Å². The molecule has 2 N–H and O–H groups in total. The van der Waals surface area contributed by atoms with Crippen molar-refractivity contribution in [3.05, 3.63) is 89.4 Å². The van der Waals surface area contributed by atoms with Crippen molar-refractivity contribution in [1.82, 2.24) is 25.0 Å². The van der Waals surface area contributed by atoms with Crippen LogP contribution in [0.4, 0.5) is 0 Å². The van der Waals surface area contributed by atoms with Crippen molar-refractivity contribution in [2.24, 2.45) is 5.16 Å². The van der Waals surface area contributed by atoms with Crippen LogP contribution in [0.2, 0.25) is 0 Å². The van der Waals surface area contributed by atoms with E-state index in [1.807, 2.05) is 16.8 Å². The molecule has 0 spiro atoms. The van der Waals surface area contributed by atoms with Crippen molar-refractivity contribution in [1.29, 1.82) is 0 Å². The Labute approximate surface area is 281 Å². The van der Waals surface area contributed by atoms with Gasteiger partial charge in [0.2, 0.25) is 11.8 Å². The summed E-state index contributed by atoms with van der Waals surface area (Å²) in [6.07, 6.45) is 9.89. The Morgan fingerprint density at radius 3 is 2.55 bits per heavy atom. The van der Waals surface area contributed by atoms with Crippen LogP contribution in [-0.4, -0.2) is 80.6 Å². The number of hydrogen-bond donors (Lipinski definition) is 2. The van der Waals surface area contributed by atoms with Crippen molar-refractivity contribution in [3.63, 3.8) is 0 Å². The third-order valence-corrected chi connectivity index (χ3v) is 9.12. The number of carbonyl (C=O) groups excluding carboxylic acids is 4. The number of rotatable bonds is 12. The highest BCUT2D eigenvalue weighted by Gasteiger charge is 2.44. The maximum atomic E-state index is 13.1. The predicted octanol–water partition coefficient (Wildman–Crippen LogP) is 3.99. The second-order valence-electron chi connectivity index (χ2n) is 12.2. The quantitative estimate of drug-likeness (QED) is 0.0750. The third kappa shape index (κ3) is 6.44. The molecular formula is C36H34N6O7. The van der Waals surface area contributed by atoms with Gasteiger partial charge in [0.1, 0.15) is 24.1 Å². The zero-order valence-electron chi connectivity index (χ0n) is 26.6. The van der Waals surface area contributed by atoms with Crippen LogP contribution in [0, 0.1) is 0 Å². The molecule has 2 aliphatic heterocycles. The normalized spacial score (nSPS) is 18.7. The largest absolute Gasteiger partial charge is 0.491 e. The molecule has 1 fully saturated rings. The third-order valence-electron chi connectivity index (χ3n) is 9.12. The van der Waals surface area contributed by atoms with E-state index in [4.69, 9.17) is 19.8 Å². The van der Waals surface area contributed by atoms with Crippen LogP contribution in [0.25, 0.3) is 22.4 Å². The van der Waals surface area contributed by atoms with E-state index in [-0.39, 0.29) is 36.5 Å². The SMILES string of the molecule is O=C1CCC(N2C(=O)c3ccc(OCCOCCCn4cc(-c5ccc6c(c5)CCC6/C=N/O)c(-c5ccncc5)n4)cc3C2=O)C(=O)N1. The highest BCUT2D eigenvalue weighted by Crippen LogP contribution is 2.37. The summed E-state index contributed by atoms with van der Waals surface area (Å²) in [5, 5.41) is 19.4. The Hall–Kier alpha value is -5.69. The van der Waals surface area contributed by atoms with E-state index in [1.165, 1.54) is 23.3 Å². The van der Waals surface area contributed by atoms with E-state index in [2.05, 4.69) is 39.9 Å². The number of aromatic nitrogens is 3. The van der Waals surface area contributed by atoms with Gasteiger partial charge in [-0.05, 0) is 72.7 Å². The van der Waals surface area contributed by atoms with Crippen LogP contribution in [0.15, 0.2) is 72.3 Å². The summed E-state index contributed by atoms with van der Waals surface area (Å²) < 4.78 is 13.5. The van der Waals surface area contributed by atoms with Crippen molar-refractivity contribution < 1.29 is 33.9 Å². The molecule has 4 amide bonds. The number of carbonyl (C=O) groups is 4. The Morgan fingerprint density at radius 2 is 1.73 bits per heavy atom. The molecule has 4 heterocycles. The van der Waals surface area contributed by atoms with Crippen molar-refractivity contribution >= 4 is 29.8 Å². The van der Waals surface area contributed by atoms with E-state index in [0.29, 0.717) is 25.5 Å². The Morgan fingerprint density at radius 1 is 0.898 bits per heavy atom. The summed E-state index contributed by atoms with van der Waals surface area (Å²) in [5.74, 6) is -1.67. The first kappa shape index (κ1) is 31.9. The number of hydrogen-bond acceptors (Lipinski definition) is 10. The van der Waals surface area contributed by atoms with Gasteiger partial charge in [-0.25, -0.2) is 0 Å². The van der Waals surface area contributed by atoms with Gasteiger partial charge in [-0.3, -0.25) is 39.1 Å². The number of benzene rings is 2. The molecule has 13 nitrogen and oxygen atoms in total. The van der Waals surface area contributed by atoms with Crippen molar-refractivity contribution in [2.45, 2.75) is 50.6 Å². The smallest absolute Gasteiger partial charge is 0.262 e. The molecule has 1 aliphatic carbocycles. The first-order valence-electron chi connectivity index (χ1n) is 16.3.